The van der Waals surface area contributed by atoms with Crippen molar-refractivity contribution in [1.82, 2.24) is 0 Å². The second-order valence-corrected chi connectivity index (χ2v) is 7.11. The van der Waals surface area contributed by atoms with Crippen molar-refractivity contribution in [2.24, 2.45) is 0 Å². The summed E-state index contributed by atoms with van der Waals surface area (Å²) in [6, 6.07) is 22.6. The van der Waals surface area contributed by atoms with Crippen LogP contribution in [0, 0.1) is 6.92 Å². The molecule has 0 aliphatic carbocycles. The van der Waals surface area contributed by atoms with Crippen LogP contribution in [-0.2, 0) is 19.6 Å². The molecule has 3 aromatic carbocycles. The van der Waals surface area contributed by atoms with Crippen LogP contribution < -0.4 is 9.47 Å². The zero-order chi connectivity index (χ0) is 19.9. The zero-order valence-electron chi connectivity index (χ0n) is 17.0. The van der Waals surface area contributed by atoms with E-state index in [4.69, 9.17) is 9.47 Å². The van der Waals surface area contributed by atoms with Crippen molar-refractivity contribution in [2.45, 2.75) is 40.4 Å². The maximum absolute atomic E-state index is 6.04. The van der Waals surface area contributed by atoms with E-state index in [0.29, 0.717) is 13.2 Å². The van der Waals surface area contributed by atoms with Gasteiger partial charge >= 0.3 is 0 Å². The molecular formula is C26H28O2. The third-order valence-corrected chi connectivity index (χ3v) is 4.82. The van der Waals surface area contributed by atoms with E-state index >= 15 is 0 Å². The monoisotopic (exact) mass is 372 g/mol. The summed E-state index contributed by atoms with van der Waals surface area (Å²) in [5.74, 6) is 1.61. The first-order valence-electron chi connectivity index (χ1n) is 9.74. The Hall–Kier alpha value is -3.00. The van der Waals surface area contributed by atoms with E-state index in [9.17, 15) is 0 Å². The van der Waals surface area contributed by atoms with E-state index in [0.717, 1.165) is 34.6 Å². The summed E-state index contributed by atoms with van der Waals surface area (Å²) in [6.07, 6.45) is 1.05. The third kappa shape index (κ3) is 5.04. The van der Waals surface area contributed by atoms with Gasteiger partial charge in [-0.15, -0.1) is 0 Å². The van der Waals surface area contributed by atoms with Crippen LogP contribution in [0.4, 0.5) is 0 Å². The van der Waals surface area contributed by atoms with Crippen LogP contribution >= 0.6 is 0 Å². The standard InChI is InChI=1S/C26H28O2/c1-5-21-12-14-22(15-13-21)17-27-24-10-7-11-25(16-24)28-18-23-9-6-8-20(4)26(23)19(2)3/h6-16H,2,5,17-18H2,1,3-4H3. The molecule has 0 aliphatic heterocycles. The average Bonchev–Trinajstić information content (AvgIpc) is 2.71. The van der Waals surface area contributed by atoms with Gasteiger partial charge in [-0.1, -0.05) is 67.6 Å². The van der Waals surface area contributed by atoms with Gasteiger partial charge in [0.15, 0.2) is 0 Å². The molecule has 0 unspecified atom stereocenters. The Morgan fingerprint density at radius 1 is 0.821 bits per heavy atom. The van der Waals surface area contributed by atoms with Crippen molar-refractivity contribution >= 4 is 5.57 Å². The summed E-state index contributed by atoms with van der Waals surface area (Å²) in [4.78, 5) is 0. The highest BCUT2D eigenvalue weighted by Gasteiger charge is 2.07. The highest BCUT2D eigenvalue weighted by Crippen LogP contribution is 2.25. The Morgan fingerprint density at radius 2 is 1.43 bits per heavy atom. The van der Waals surface area contributed by atoms with Gasteiger partial charge in [0, 0.05) is 6.07 Å². The molecule has 144 valence electrons. The SMILES string of the molecule is C=C(C)c1c(C)cccc1COc1cccc(OCc2ccc(CC)cc2)c1. The van der Waals surface area contributed by atoms with Gasteiger partial charge < -0.3 is 9.47 Å². The van der Waals surface area contributed by atoms with E-state index in [2.05, 4.69) is 62.9 Å². The molecule has 28 heavy (non-hydrogen) atoms. The summed E-state index contributed by atoms with van der Waals surface area (Å²) in [6.45, 7) is 11.5. The molecule has 0 aliphatic rings. The summed E-state index contributed by atoms with van der Waals surface area (Å²) in [5, 5.41) is 0. The fraction of sp³-hybridized carbons (Fsp3) is 0.231. The van der Waals surface area contributed by atoms with Gasteiger partial charge in [0.25, 0.3) is 0 Å². The third-order valence-electron chi connectivity index (χ3n) is 4.82. The molecule has 0 bridgehead atoms. The normalized spacial score (nSPS) is 10.5. The quantitative estimate of drug-likeness (QED) is 0.435. The molecule has 0 heterocycles. The molecule has 0 saturated heterocycles. The first-order valence-corrected chi connectivity index (χ1v) is 9.74. The molecule has 0 aromatic heterocycles. The van der Waals surface area contributed by atoms with Crippen LogP contribution in [0.2, 0.25) is 0 Å². The van der Waals surface area contributed by atoms with Crippen LogP contribution in [0.15, 0.2) is 73.3 Å². The lowest BCUT2D eigenvalue weighted by Gasteiger charge is -2.14. The van der Waals surface area contributed by atoms with Gasteiger partial charge in [0.2, 0.25) is 0 Å². The van der Waals surface area contributed by atoms with Crippen molar-refractivity contribution in [3.8, 4) is 11.5 Å². The lowest BCUT2D eigenvalue weighted by atomic mass is 9.97. The lowest BCUT2D eigenvalue weighted by molar-refractivity contribution is 0.290. The van der Waals surface area contributed by atoms with E-state index in [-0.39, 0.29) is 0 Å². The van der Waals surface area contributed by atoms with Gasteiger partial charge in [0.05, 0.1) is 0 Å². The Kier molecular flexibility index (Phi) is 6.54. The number of aryl methyl sites for hydroxylation is 2. The number of hydrogen-bond donors (Lipinski definition) is 0. The van der Waals surface area contributed by atoms with Crippen molar-refractivity contribution < 1.29 is 9.47 Å². The Bertz CT molecular complexity index is 939. The maximum atomic E-state index is 6.04. The van der Waals surface area contributed by atoms with Gasteiger partial charge in [-0.25, -0.2) is 0 Å². The molecule has 3 rings (SSSR count). The lowest BCUT2D eigenvalue weighted by Crippen LogP contribution is -2.01. The van der Waals surface area contributed by atoms with Crippen molar-refractivity contribution in [3.63, 3.8) is 0 Å². The number of ether oxygens (including phenoxy) is 2. The van der Waals surface area contributed by atoms with Crippen LogP contribution in [0.1, 0.15) is 41.7 Å². The first kappa shape index (κ1) is 19.8. The summed E-state index contributed by atoms with van der Waals surface area (Å²) < 4.78 is 12.0. The minimum atomic E-state index is 0.506. The van der Waals surface area contributed by atoms with Crippen molar-refractivity contribution in [2.75, 3.05) is 0 Å². The highest BCUT2D eigenvalue weighted by molar-refractivity contribution is 5.67. The molecule has 3 aromatic rings. The smallest absolute Gasteiger partial charge is 0.123 e. The van der Waals surface area contributed by atoms with Crippen molar-refractivity contribution in [3.05, 3.63) is 101 Å². The van der Waals surface area contributed by atoms with E-state index in [1.807, 2.05) is 31.2 Å². The van der Waals surface area contributed by atoms with Crippen LogP contribution in [0.25, 0.3) is 5.57 Å². The minimum absolute atomic E-state index is 0.506. The predicted molar refractivity (Wildman–Crippen MR) is 117 cm³/mol. The Balaban J connectivity index is 1.63. The molecular weight excluding hydrogens is 344 g/mol. The zero-order valence-corrected chi connectivity index (χ0v) is 17.0. The molecule has 0 fully saturated rings. The fourth-order valence-electron chi connectivity index (χ4n) is 3.31. The number of allylic oxidation sites excluding steroid dienone is 1. The first-order chi connectivity index (χ1) is 13.6. The van der Waals surface area contributed by atoms with Crippen LogP contribution in [0.5, 0.6) is 11.5 Å². The second kappa shape index (κ2) is 9.27. The van der Waals surface area contributed by atoms with Crippen molar-refractivity contribution in [1.29, 1.82) is 0 Å². The van der Waals surface area contributed by atoms with E-state index < -0.39 is 0 Å². The number of benzene rings is 3. The van der Waals surface area contributed by atoms with Crippen LogP contribution in [-0.4, -0.2) is 0 Å². The van der Waals surface area contributed by atoms with Gasteiger partial charge in [-0.3, -0.25) is 0 Å². The number of rotatable bonds is 8. The molecule has 0 saturated carbocycles. The van der Waals surface area contributed by atoms with Gasteiger partial charge in [-0.2, -0.15) is 0 Å². The minimum Gasteiger partial charge on any atom is -0.489 e. The van der Waals surface area contributed by atoms with E-state index in [1.165, 1.54) is 16.7 Å². The van der Waals surface area contributed by atoms with Gasteiger partial charge in [-0.05, 0) is 60.2 Å². The highest BCUT2D eigenvalue weighted by atomic mass is 16.5. The average molecular weight is 373 g/mol. The molecule has 0 atom stereocenters. The molecule has 0 spiro atoms. The molecule has 0 amide bonds. The number of hydrogen-bond acceptors (Lipinski definition) is 2. The molecule has 2 heteroatoms. The molecule has 0 N–H and O–H groups in total. The van der Waals surface area contributed by atoms with E-state index in [1.54, 1.807) is 0 Å². The topological polar surface area (TPSA) is 18.5 Å². The summed E-state index contributed by atoms with van der Waals surface area (Å²) >= 11 is 0. The summed E-state index contributed by atoms with van der Waals surface area (Å²) in [5.41, 5.74) is 7.11. The molecule has 0 radical (unpaired) electrons. The Morgan fingerprint density at radius 3 is 2.07 bits per heavy atom. The Labute approximate surface area is 168 Å². The second-order valence-electron chi connectivity index (χ2n) is 7.11. The predicted octanol–water partition coefficient (Wildman–Crippen LogP) is 6.75. The van der Waals surface area contributed by atoms with Gasteiger partial charge in [0.1, 0.15) is 24.7 Å². The van der Waals surface area contributed by atoms with Crippen LogP contribution in [0.3, 0.4) is 0 Å². The maximum Gasteiger partial charge on any atom is 0.123 e. The fourth-order valence-corrected chi connectivity index (χ4v) is 3.31. The summed E-state index contributed by atoms with van der Waals surface area (Å²) in [7, 11) is 0. The molecule has 2 nitrogen and oxygen atoms in total. The largest absolute Gasteiger partial charge is 0.489 e.